The van der Waals surface area contributed by atoms with Crippen molar-refractivity contribution in [3.63, 3.8) is 0 Å². The van der Waals surface area contributed by atoms with Gasteiger partial charge in [0.25, 0.3) is 5.56 Å². The van der Waals surface area contributed by atoms with Gasteiger partial charge in [0, 0.05) is 12.1 Å². The number of hydrogen-bond acceptors (Lipinski definition) is 6. The molecule has 0 unspecified atom stereocenters. The van der Waals surface area contributed by atoms with Crippen LogP contribution in [0, 0.1) is 0 Å². The normalized spacial score (nSPS) is 11.6. The lowest BCUT2D eigenvalue weighted by Crippen LogP contribution is -2.22. The van der Waals surface area contributed by atoms with Gasteiger partial charge in [0.2, 0.25) is 0 Å². The van der Waals surface area contributed by atoms with Crippen molar-refractivity contribution in [2.24, 2.45) is 0 Å². The molecule has 2 rings (SSSR count). The predicted octanol–water partition coefficient (Wildman–Crippen LogP) is 1.56. The maximum atomic E-state index is 12.3. The van der Waals surface area contributed by atoms with Crippen molar-refractivity contribution in [3.05, 3.63) is 63.6 Å². The number of benzene rings is 1. The van der Waals surface area contributed by atoms with E-state index in [1.807, 2.05) is 0 Å². The Bertz CT molecular complexity index is 796. The molecule has 2 N–H and O–H groups in total. The second kappa shape index (κ2) is 7.45. The lowest BCUT2D eigenvalue weighted by molar-refractivity contribution is -0.140. The number of ether oxygens (including phenoxy) is 2. The number of rotatable bonds is 5. The molecule has 0 fully saturated rings. The third-order valence-corrected chi connectivity index (χ3v) is 3.66. The summed E-state index contributed by atoms with van der Waals surface area (Å²) in [7, 11) is 2.40. The van der Waals surface area contributed by atoms with Crippen LogP contribution in [0.25, 0.3) is 0 Å². The lowest BCUT2D eigenvalue weighted by atomic mass is 9.88. The highest BCUT2D eigenvalue weighted by Gasteiger charge is 2.28. The number of methoxy groups -OCH3 is 2. The minimum absolute atomic E-state index is 0.0884. The Morgan fingerprint density at radius 3 is 2.42 bits per heavy atom. The van der Waals surface area contributed by atoms with Crippen molar-refractivity contribution in [1.29, 1.82) is 0 Å². The molecule has 0 bridgehead atoms. The summed E-state index contributed by atoms with van der Waals surface area (Å²) in [6, 6.07) is 8.71. The van der Waals surface area contributed by atoms with Gasteiger partial charge in [0.1, 0.15) is 11.3 Å². The zero-order valence-corrected chi connectivity index (χ0v) is 13.2. The van der Waals surface area contributed by atoms with Crippen molar-refractivity contribution < 1.29 is 24.2 Å². The van der Waals surface area contributed by atoms with E-state index in [4.69, 9.17) is 0 Å². The fourth-order valence-electron chi connectivity index (χ4n) is 2.45. The van der Waals surface area contributed by atoms with Gasteiger partial charge < -0.3 is 19.6 Å². The molecule has 2 aromatic rings. The first-order valence-corrected chi connectivity index (χ1v) is 7.14. The van der Waals surface area contributed by atoms with Crippen LogP contribution in [0.5, 0.6) is 5.75 Å². The van der Waals surface area contributed by atoms with E-state index in [0.717, 1.165) is 13.3 Å². The van der Waals surface area contributed by atoms with Crippen LogP contribution in [0.1, 0.15) is 33.8 Å². The summed E-state index contributed by atoms with van der Waals surface area (Å²) >= 11 is 0. The highest BCUT2D eigenvalue weighted by molar-refractivity contribution is 5.92. The summed E-state index contributed by atoms with van der Waals surface area (Å²) in [6.45, 7) is 0. The summed E-state index contributed by atoms with van der Waals surface area (Å²) in [5.74, 6) is -2.63. The van der Waals surface area contributed by atoms with E-state index in [1.165, 1.54) is 7.11 Å². The molecule has 1 atom stereocenters. The average Bonchev–Trinajstić information content (AvgIpc) is 2.60. The molecule has 1 aromatic heterocycles. The maximum Gasteiger partial charge on any atom is 0.343 e. The SMILES string of the molecule is COC(=O)C[C@@H](c1ccccc1)c1c(O)c(C(=O)OC)c[nH]c1=O. The van der Waals surface area contributed by atoms with E-state index >= 15 is 0 Å². The van der Waals surface area contributed by atoms with Gasteiger partial charge in [-0.3, -0.25) is 9.59 Å². The molecular formula is C17H17NO6. The predicted molar refractivity (Wildman–Crippen MR) is 85.0 cm³/mol. The molecule has 0 aliphatic carbocycles. The van der Waals surface area contributed by atoms with Crippen LogP contribution in [-0.2, 0) is 14.3 Å². The number of hydrogen-bond donors (Lipinski definition) is 2. The van der Waals surface area contributed by atoms with Crippen LogP contribution in [-0.4, -0.2) is 36.2 Å². The Morgan fingerprint density at radius 1 is 1.17 bits per heavy atom. The van der Waals surface area contributed by atoms with Crippen LogP contribution in [0.3, 0.4) is 0 Å². The number of carbonyl (C=O) groups is 2. The van der Waals surface area contributed by atoms with Crippen molar-refractivity contribution in [1.82, 2.24) is 4.98 Å². The summed E-state index contributed by atoms with van der Waals surface area (Å²) < 4.78 is 9.26. The van der Waals surface area contributed by atoms with E-state index in [0.29, 0.717) is 5.56 Å². The second-order valence-electron chi connectivity index (χ2n) is 5.03. The average molecular weight is 331 g/mol. The smallest absolute Gasteiger partial charge is 0.343 e. The molecule has 1 aromatic carbocycles. The number of aromatic nitrogens is 1. The Labute approximate surface area is 137 Å². The molecule has 24 heavy (non-hydrogen) atoms. The molecule has 0 spiro atoms. The van der Waals surface area contributed by atoms with Gasteiger partial charge >= 0.3 is 11.9 Å². The Kier molecular flexibility index (Phi) is 5.36. The molecule has 0 aliphatic rings. The van der Waals surface area contributed by atoms with Crippen molar-refractivity contribution in [2.75, 3.05) is 14.2 Å². The Morgan fingerprint density at radius 2 is 1.83 bits per heavy atom. The van der Waals surface area contributed by atoms with Gasteiger partial charge in [-0.15, -0.1) is 0 Å². The minimum Gasteiger partial charge on any atom is -0.506 e. The van der Waals surface area contributed by atoms with Crippen LogP contribution < -0.4 is 5.56 Å². The van der Waals surface area contributed by atoms with E-state index < -0.39 is 29.2 Å². The summed E-state index contributed by atoms with van der Waals surface area (Å²) in [4.78, 5) is 38.2. The summed E-state index contributed by atoms with van der Waals surface area (Å²) in [5.41, 5.74) is -0.240. The minimum atomic E-state index is -0.796. The third kappa shape index (κ3) is 3.45. The maximum absolute atomic E-state index is 12.3. The number of esters is 2. The number of aromatic amines is 1. The van der Waals surface area contributed by atoms with Gasteiger partial charge in [0.05, 0.1) is 26.2 Å². The fraction of sp³-hybridized carbons (Fsp3) is 0.235. The van der Waals surface area contributed by atoms with Gasteiger partial charge in [-0.2, -0.15) is 0 Å². The van der Waals surface area contributed by atoms with Gasteiger partial charge in [-0.05, 0) is 5.56 Å². The molecule has 0 saturated carbocycles. The van der Waals surface area contributed by atoms with E-state index in [1.54, 1.807) is 30.3 Å². The van der Waals surface area contributed by atoms with E-state index in [2.05, 4.69) is 14.5 Å². The molecule has 7 heteroatoms. The molecule has 0 saturated heterocycles. The van der Waals surface area contributed by atoms with E-state index in [9.17, 15) is 19.5 Å². The zero-order valence-electron chi connectivity index (χ0n) is 13.2. The molecule has 0 aliphatic heterocycles. The van der Waals surface area contributed by atoms with Crippen LogP contribution in [0.4, 0.5) is 0 Å². The number of pyridine rings is 1. The standard InChI is InChI=1S/C17H17NO6/c1-23-13(19)8-11(10-6-4-3-5-7-10)14-15(20)12(17(22)24-2)9-18-16(14)21/h3-7,9,11H,8H2,1-2H3,(H2,18,20,21)/t11-/m0/s1. The largest absolute Gasteiger partial charge is 0.506 e. The second-order valence-corrected chi connectivity index (χ2v) is 5.03. The van der Waals surface area contributed by atoms with Crippen LogP contribution >= 0.6 is 0 Å². The van der Waals surface area contributed by atoms with Crippen molar-refractivity contribution >= 4 is 11.9 Å². The first-order chi connectivity index (χ1) is 11.5. The molecule has 0 amide bonds. The molecular weight excluding hydrogens is 314 g/mol. The monoisotopic (exact) mass is 331 g/mol. The zero-order chi connectivity index (χ0) is 17.7. The first kappa shape index (κ1) is 17.3. The molecule has 7 nitrogen and oxygen atoms in total. The van der Waals surface area contributed by atoms with Crippen LogP contribution in [0.15, 0.2) is 41.3 Å². The van der Waals surface area contributed by atoms with Gasteiger partial charge in [-0.1, -0.05) is 30.3 Å². The molecule has 0 radical (unpaired) electrons. The van der Waals surface area contributed by atoms with E-state index in [-0.39, 0.29) is 17.5 Å². The number of carbonyl (C=O) groups excluding carboxylic acids is 2. The quantitative estimate of drug-likeness (QED) is 0.806. The topological polar surface area (TPSA) is 106 Å². The van der Waals surface area contributed by atoms with Crippen molar-refractivity contribution in [3.8, 4) is 5.75 Å². The molecule has 1 heterocycles. The van der Waals surface area contributed by atoms with Crippen LogP contribution in [0.2, 0.25) is 0 Å². The molecule has 126 valence electrons. The third-order valence-electron chi connectivity index (χ3n) is 3.66. The van der Waals surface area contributed by atoms with Gasteiger partial charge in [0.15, 0.2) is 0 Å². The lowest BCUT2D eigenvalue weighted by Gasteiger charge is -2.18. The van der Waals surface area contributed by atoms with Gasteiger partial charge in [-0.25, -0.2) is 4.79 Å². The highest BCUT2D eigenvalue weighted by Crippen LogP contribution is 2.33. The number of aromatic hydroxyl groups is 1. The fourth-order valence-corrected chi connectivity index (χ4v) is 2.45. The number of nitrogens with one attached hydrogen (secondary N) is 1. The summed E-state index contributed by atoms with van der Waals surface area (Å²) in [5, 5.41) is 10.4. The Hall–Kier alpha value is -3.09. The van der Waals surface area contributed by atoms with Crippen molar-refractivity contribution in [2.45, 2.75) is 12.3 Å². The first-order valence-electron chi connectivity index (χ1n) is 7.14. The Balaban J connectivity index is 2.64. The number of H-pyrrole nitrogens is 1. The highest BCUT2D eigenvalue weighted by atomic mass is 16.5. The summed E-state index contributed by atoms with van der Waals surface area (Å²) in [6.07, 6.45) is 0.912.